The second kappa shape index (κ2) is 12.5. The molecule has 11 heteroatoms. The quantitative estimate of drug-likeness (QED) is 0.367. The summed E-state index contributed by atoms with van der Waals surface area (Å²) in [6.07, 6.45) is 2.73. The molecule has 0 aliphatic rings. The highest BCUT2D eigenvalue weighted by Gasteiger charge is 2.22. The maximum absolute atomic E-state index is 13.2. The Balaban J connectivity index is 1.85. The number of methoxy groups -OCH3 is 2. The van der Waals surface area contributed by atoms with Crippen LogP contribution in [0.25, 0.3) is 0 Å². The van der Waals surface area contributed by atoms with E-state index in [9.17, 15) is 14.7 Å². The maximum Gasteiger partial charge on any atom is 0.247 e. The predicted octanol–water partition coefficient (Wildman–Crippen LogP) is 4.21. The monoisotopic (exact) mass is 544 g/mol. The Bertz CT molecular complexity index is 1300. The molecule has 2 aromatic carbocycles. The lowest BCUT2D eigenvalue weighted by atomic mass is 10.0. The molecule has 3 rings (SSSR count). The van der Waals surface area contributed by atoms with Crippen molar-refractivity contribution in [2.45, 2.75) is 19.4 Å². The van der Waals surface area contributed by atoms with Gasteiger partial charge in [0, 0.05) is 36.9 Å². The van der Waals surface area contributed by atoms with Crippen LogP contribution in [0.3, 0.4) is 0 Å². The van der Waals surface area contributed by atoms with Gasteiger partial charge in [-0.05, 0) is 23.3 Å². The average Bonchev–Trinajstić information content (AvgIpc) is 2.91. The van der Waals surface area contributed by atoms with Gasteiger partial charge in [-0.15, -0.1) is 0 Å². The molecule has 0 saturated carbocycles. The van der Waals surface area contributed by atoms with Crippen LogP contribution in [0.1, 0.15) is 22.4 Å². The highest BCUT2D eigenvalue weighted by molar-refractivity contribution is 6.38. The minimum atomic E-state index is -0.378. The fourth-order valence-corrected chi connectivity index (χ4v) is 4.16. The summed E-state index contributed by atoms with van der Waals surface area (Å²) in [6, 6.07) is 8.46. The fraction of sp³-hybridized carbons (Fsp3) is 0.231. The number of aliphatic hydroxyl groups is 1. The van der Waals surface area contributed by atoms with Gasteiger partial charge in [0.2, 0.25) is 11.8 Å². The maximum atomic E-state index is 13.2. The molecular weight excluding hydrogens is 519 g/mol. The number of nitrogens with zero attached hydrogens (tertiary/aromatic N) is 3. The first-order valence-corrected chi connectivity index (χ1v) is 11.8. The number of rotatable bonds is 10. The van der Waals surface area contributed by atoms with Gasteiger partial charge in [-0.1, -0.05) is 41.9 Å². The van der Waals surface area contributed by atoms with Gasteiger partial charge in [0.25, 0.3) is 0 Å². The summed E-state index contributed by atoms with van der Waals surface area (Å²) in [6.45, 7) is 3.30. The van der Waals surface area contributed by atoms with E-state index in [0.717, 1.165) is 11.6 Å². The first kappa shape index (κ1) is 27.9. The summed E-state index contributed by atoms with van der Waals surface area (Å²) < 4.78 is 10.6. The summed E-state index contributed by atoms with van der Waals surface area (Å²) in [7, 11) is 4.50. The van der Waals surface area contributed by atoms with Crippen LogP contribution >= 0.6 is 23.2 Å². The van der Waals surface area contributed by atoms with Gasteiger partial charge in [0.05, 0.1) is 43.0 Å². The summed E-state index contributed by atoms with van der Waals surface area (Å²) in [4.78, 5) is 35.0. The number of benzene rings is 2. The van der Waals surface area contributed by atoms with Crippen LogP contribution in [0.15, 0.2) is 49.3 Å². The van der Waals surface area contributed by atoms with Crippen LogP contribution in [0, 0.1) is 0 Å². The summed E-state index contributed by atoms with van der Waals surface area (Å²) in [5, 5.41) is 12.6. The molecule has 0 fully saturated rings. The molecule has 0 saturated heterocycles. The van der Waals surface area contributed by atoms with E-state index in [1.165, 1.54) is 25.4 Å². The lowest BCUT2D eigenvalue weighted by Crippen LogP contribution is -2.29. The third-order valence-electron chi connectivity index (χ3n) is 5.59. The number of anilines is 2. The standard InChI is InChI=1S/C26H26Cl2N4O5/c1-5-23(34)31-19-8-15(13-33)6-7-16(19)9-17-10-22(30-14-29-17)32(2)24(35)11-18-25(27)20(36-3)12-21(37-4)26(18)28/h5-8,10,12,14,33H,1,9,11,13H2,2-4H3,(H,31,34). The molecular formula is C26H26Cl2N4O5. The number of hydrogen-bond acceptors (Lipinski definition) is 7. The molecule has 2 N–H and O–H groups in total. The molecule has 0 bridgehead atoms. The molecule has 0 aliphatic heterocycles. The molecule has 0 radical (unpaired) electrons. The van der Waals surface area contributed by atoms with Crippen LogP contribution in [0.4, 0.5) is 11.5 Å². The number of hydrogen-bond donors (Lipinski definition) is 2. The van der Waals surface area contributed by atoms with Crippen LogP contribution in [0.5, 0.6) is 11.5 Å². The minimum absolute atomic E-state index is 0.124. The molecule has 0 spiro atoms. The first-order chi connectivity index (χ1) is 17.7. The molecule has 3 aromatic rings. The molecule has 2 amide bonds. The van der Waals surface area contributed by atoms with Crippen molar-refractivity contribution in [1.29, 1.82) is 0 Å². The van der Waals surface area contributed by atoms with Gasteiger partial charge in [-0.25, -0.2) is 9.97 Å². The molecule has 37 heavy (non-hydrogen) atoms. The van der Waals surface area contributed by atoms with E-state index in [-0.39, 0.29) is 34.9 Å². The number of amides is 2. The second-order valence-corrected chi connectivity index (χ2v) is 8.66. The van der Waals surface area contributed by atoms with E-state index >= 15 is 0 Å². The lowest BCUT2D eigenvalue weighted by Gasteiger charge is -2.19. The molecule has 1 aromatic heterocycles. The third kappa shape index (κ3) is 6.56. The zero-order valence-corrected chi connectivity index (χ0v) is 22.1. The van der Waals surface area contributed by atoms with E-state index in [1.54, 1.807) is 37.4 Å². The normalized spacial score (nSPS) is 10.5. The summed E-state index contributed by atoms with van der Waals surface area (Å²) in [5.41, 5.74) is 2.90. The van der Waals surface area contributed by atoms with Gasteiger partial charge >= 0.3 is 0 Å². The summed E-state index contributed by atoms with van der Waals surface area (Å²) in [5.74, 6) is 0.334. The first-order valence-electron chi connectivity index (χ1n) is 11.0. The highest BCUT2D eigenvalue weighted by Crippen LogP contribution is 2.40. The van der Waals surface area contributed by atoms with E-state index in [1.807, 2.05) is 0 Å². The number of halogens is 2. The molecule has 0 aliphatic carbocycles. The van der Waals surface area contributed by atoms with E-state index < -0.39 is 0 Å². The van der Waals surface area contributed by atoms with Crippen molar-refractivity contribution >= 4 is 46.5 Å². The predicted molar refractivity (Wildman–Crippen MR) is 143 cm³/mol. The Morgan fingerprint density at radius 1 is 1.11 bits per heavy atom. The van der Waals surface area contributed by atoms with E-state index in [2.05, 4.69) is 21.9 Å². The number of nitrogens with one attached hydrogen (secondary N) is 1. The fourth-order valence-electron chi connectivity index (χ4n) is 3.53. The van der Waals surface area contributed by atoms with Crippen molar-refractivity contribution in [3.8, 4) is 11.5 Å². The Labute approximate surface area is 224 Å². The zero-order valence-electron chi connectivity index (χ0n) is 20.5. The molecule has 0 unspecified atom stereocenters. The van der Waals surface area contributed by atoms with Gasteiger partial charge in [0.15, 0.2) is 0 Å². The van der Waals surface area contributed by atoms with Gasteiger partial charge in [-0.2, -0.15) is 0 Å². The van der Waals surface area contributed by atoms with Crippen molar-refractivity contribution in [1.82, 2.24) is 9.97 Å². The highest BCUT2D eigenvalue weighted by atomic mass is 35.5. The average molecular weight is 545 g/mol. The second-order valence-electron chi connectivity index (χ2n) is 7.90. The van der Waals surface area contributed by atoms with Gasteiger partial charge < -0.3 is 19.9 Å². The number of aromatic nitrogens is 2. The van der Waals surface area contributed by atoms with Crippen molar-refractivity contribution < 1.29 is 24.2 Å². The SMILES string of the molecule is C=CC(=O)Nc1cc(CO)ccc1Cc1cc(N(C)C(=O)Cc2c(Cl)c(OC)cc(OC)c2Cl)ncn1. The number of carbonyl (C=O) groups is 2. The smallest absolute Gasteiger partial charge is 0.247 e. The van der Waals surface area contributed by atoms with Crippen molar-refractivity contribution in [3.63, 3.8) is 0 Å². The minimum Gasteiger partial charge on any atom is -0.495 e. The molecule has 0 atom stereocenters. The molecule has 194 valence electrons. The van der Waals surface area contributed by atoms with Gasteiger partial charge in [-0.3, -0.25) is 14.5 Å². The van der Waals surface area contributed by atoms with Crippen molar-refractivity contribution in [2.75, 3.05) is 31.5 Å². The third-order valence-corrected chi connectivity index (χ3v) is 6.42. The Kier molecular flexibility index (Phi) is 9.46. The zero-order chi connectivity index (χ0) is 27.1. The number of ether oxygens (including phenoxy) is 2. The van der Waals surface area contributed by atoms with Crippen molar-refractivity contribution in [3.05, 3.63) is 81.7 Å². The lowest BCUT2D eigenvalue weighted by molar-refractivity contribution is -0.117. The van der Waals surface area contributed by atoms with E-state index in [4.69, 9.17) is 32.7 Å². The van der Waals surface area contributed by atoms with Crippen molar-refractivity contribution in [2.24, 2.45) is 0 Å². The van der Waals surface area contributed by atoms with Crippen LogP contribution in [0.2, 0.25) is 10.0 Å². The number of likely N-dealkylation sites (N-methyl/N-ethyl adjacent to an activating group) is 1. The molecule has 9 nitrogen and oxygen atoms in total. The Hall–Kier alpha value is -3.66. The van der Waals surface area contributed by atoms with Crippen LogP contribution < -0.4 is 19.7 Å². The van der Waals surface area contributed by atoms with Crippen LogP contribution in [-0.2, 0) is 29.0 Å². The van der Waals surface area contributed by atoms with Gasteiger partial charge in [0.1, 0.15) is 23.6 Å². The Morgan fingerprint density at radius 2 is 1.78 bits per heavy atom. The van der Waals surface area contributed by atoms with E-state index in [0.29, 0.717) is 46.2 Å². The number of carbonyl (C=O) groups excluding carboxylic acids is 2. The molecule has 1 heterocycles. The Morgan fingerprint density at radius 3 is 2.38 bits per heavy atom. The topological polar surface area (TPSA) is 114 Å². The largest absolute Gasteiger partial charge is 0.495 e. The van der Waals surface area contributed by atoms with Crippen LogP contribution in [-0.4, -0.2) is 48.2 Å². The number of aliphatic hydroxyl groups excluding tert-OH is 1. The summed E-state index contributed by atoms with van der Waals surface area (Å²) >= 11 is 12.8.